The van der Waals surface area contributed by atoms with Crippen LogP contribution in [0.25, 0.3) is 0 Å². The molecule has 0 radical (unpaired) electrons. The molecule has 0 bridgehead atoms. The number of benzene rings is 1. The number of phenols is 1. The minimum absolute atomic E-state index is 0.240. The fraction of sp³-hybridized carbons (Fsp3) is 0.364. The average molecular weight is 279 g/mol. The van der Waals surface area contributed by atoms with Crippen molar-refractivity contribution in [3.8, 4) is 5.75 Å². The predicted molar refractivity (Wildman–Crippen MR) is 65.7 cm³/mol. The Morgan fingerprint density at radius 3 is 2.33 bits per heavy atom. The highest BCUT2D eigenvalue weighted by atomic mass is 35.5. The first-order valence-corrected chi connectivity index (χ1v) is 5.63. The summed E-state index contributed by atoms with van der Waals surface area (Å²) in [7, 11) is 0. The van der Waals surface area contributed by atoms with Crippen molar-refractivity contribution >= 4 is 23.0 Å². The molecule has 0 unspecified atom stereocenters. The van der Waals surface area contributed by atoms with E-state index in [1.807, 2.05) is 0 Å². The van der Waals surface area contributed by atoms with E-state index < -0.39 is 11.6 Å². The number of halogens is 3. The summed E-state index contributed by atoms with van der Waals surface area (Å²) in [6.07, 6.45) is 0. The molecule has 1 fully saturated rings. The number of hydrogen-bond acceptors (Lipinski definition) is 4. The molecule has 1 heterocycles. The largest absolute Gasteiger partial charge is 0.506 e. The number of nitrogens with zero attached hydrogens (tertiary/aromatic N) is 1. The van der Waals surface area contributed by atoms with Gasteiger partial charge in [-0.2, -0.15) is 0 Å². The standard InChI is InChI=1S/C10H11F2NO2.CH2ClN/c11-7-5-9(10(14)6-8(7)12)13-1-3-15-4-2-13;2-1-3/h5-6,14H,1-4H2;1,3H. The summed E-state index contributed by atoms with van der Waals surface area (Å²) in [6.45, 7) is 2.19. The molecule has 1 aliphatic rings. The lowest BCUT2D eigenvalue weighted by molar-refractivity contribution is 0.122. The summed E-state index contributed by atoms with van der Waals surface area (Å²) in [5, 5.41) is 15.3. The molecule has 100 valence electrons. The van der Waals surface area contributed by atoms with Crippen LogP contribution in [0.15, 0.2) is 12.1 Å². The lowest BCUT2D eigenvalue weighted by Gasteiger charge is -2.29. The van der Waals surface area contributed by atoms with Crippen LogP contribution in [-0.4, -0.2) is 37.1 Å². The number of phenolic OH excluding ortho intramolecular Hbond substituents is 1. The summed E-state index contributed by atoms with van der Waals surface area (Å²) in [5.74, 6) is -2.23. The Hall–Kier alpha value is -1.40. The predicted octanol–water partition coefficient (Wildman–Crippen LogP) is 2.34. The van der Waals surface area contributed by atoms with Crippen LogP contribution >= 0.6 is 11.6 Å². The highest BCUT2D eigenvalue weighted by molar-refractivity contribution is 6.55. The Labute approximate surface area is 108 Å². The molecule has 1 aromatic rings. The van der Waals surface area contributed by atoms with Crippen LogP contribution in [0.2, 0.25) is 0 Å². The molecular weight excluding hydrogens is 266 g/mol. The van der Waals surface area contributed by atoms with E-state index in [-0.39, 0.29) is 5.75 Å². The maximum atomic E-state index is 13.0. The van der Waals surface area contributed by atoms with Gasteiger partial charge in [-0.3, -0.25) is 5.41 Å². The van der Waals surface area contributed by atoms with Crippen LogP contribution < -0.4 is 4.90 Å². The molecule has 0 spiro atoms. The topological polar surface area (TPSA) is 56.5 Å². The van der Waals surface area contributed by atoms with E-state index in [0.717, 1.165) is 17.8 Å². The highest BCUT2D eigenvalue weighted by Gasteiger charge is 2.17. The van der Waals surface area contributed by atoms with Crippen molar-refractivity contribution in [3.05, 3.63) is 23.8 Å². The van der Waals surface area contributed by atoms with Crippen LogP contribution in [0.3, 0.4) is 0 Å². The number of morpholine rings is 1. The summed E-state index contributed by atoms with van der Waals surface area (Å²) in [5.41, 5.74) is 1.04. The van der Waals surface area contributed by atoms with Crippen LogP contribution in [0.1, 0.15) is 0 Å². The third-order valence-electron chi connectivity index (χ3n) is 2.37. The summed E-state index contributed by atoms with van der Waals surface area (Å²) < 4.78 is 30.8. The lowest BCUT2D eigenvalue weighted by atomic mass is 10.2. The maximum Gasteiger partial charge on any atom is 0.162 e. The second-order valence-electron chi connectivity index (χ2n) is 3.46. The van der Waals surface area contributed by atoms with E-state index in [1.54, 1.807) is 4.90 Å². The van der Waals surface area contributed by atoms with Crippen LogP contribution in [-0.2, 0) is 4.74 Å². The average Bonchev–Trinajstić information content (AvgIpc) is 2.36. The third-order valence-corrected chi connectivity index (χ3v) is 2.37. The third kappa shape index (κ3) is 3.82. The molecule has 0 aliphatic carbocycles. The first-order chi connectivity index (χ1) is 8.60. The number of anilines is 1. The van der Waals surface area contributed by atoms with Gasteiger partial charge in [0.25, 0.3) is 0 Å². The Kier molecular flexibility index (Phi) is 5.80. The van der Waals surface area contributed by atoms with E-state index >= 15 is 0 Å². The van der Waals surface area contributed by atoms with Gasteiger partial charge in [0.15, 0.2) is 11.6 Å². The Morgan fingerprint density at radius 1 is 1.28 bits per heavy atom. The lowest BCUT2D eigenvalue weighted by Crippen LogP contribution is -2.36. The Morgan fingerprint density at radius 2 is 1.78 bits per heavy atom. The molecule has 1 saturated heterocycles. The van der Waals surface area contributed by atoms with Crippen molar-refractivity contribution in [1.29, 1.82) is 5.41 Å². The Balaban J connectivity index is 0.000000492. The smallest absolute Gasteiger partial charge is 0.162 e. The minimum Gasteiger partial charge on any atom is -0.506 e. The van der Waals surface area contributed by atoms with Gasteiger partial charge in [-0.25, -0.2) is 8.78 Å². The fourth-order valence-electron chi connectivity index (χ4n) is 1.58. The monoisotopic (exact) mass is 278 g/mol. The van der Waals surface area contributed by atoms with Crippen molar-refractivity contribution in [1.82, 2.24) is 0 Å². The molecule has 2 rings (SSSR count). The van der Waals surface area contributed by atoms with Crippen molar-refractivity contribution in [3.63, 3.8) is 0 Å². The van der Waals surface area contributed by atoms with E-state index in [0.29, 0.717) is 32.0 Å². The normalized spacial score (nSPS) is 14.7. The molecule has 4 nitrogen and oxygen atoms in total. The minimum atomic E-state index is -1.04. The molecule has 1 aromatic carbocycles. The Bertz CT molecular complexity index is 412. The van der Waals surface area contributed by atoms with Crippen LogP contribution in [0.5, 0.6) is 5.75 Å². The molecule has 0 saturated carbocycles. The molecule has 0 aromatic heterocycles. The molecule has 18 heavy (non-hydrogen) atoms. The molecule has 0 amide bonds. The number of aromatic hydroxyl groups is 1. The van der Waals surface area contributed by atoms with Crippen molar-refractivity contribution in [2.45, 2.75) is 0 Å². The van der Waals surface area contributed by atoms with E-state index in [2.05, 4.69) is 11.6 Å². The number of rotatable bonds is 1. The molecule has 1 aliphatic heterocycles. The van der Waals surface area contributed by atoms with Crippen LogP contribution in [0.4, 0.5) is 14.5 Å². The summed E-state index contributed by atoms with van der Waals surface area (Å²) >= 11 is 4.54. The van der Waals surface area contributed by atoms with Gasteiger partial charge in [0.05, 0.1) is 24.6 Å². The van der Waals surface area contributed by atoms with Crippen molar-refractivity contribution in [2.24, 2.45) is 0 Å². The van der Waals surface area contributed by atoms with E-state index in [4.69, 9.17) is 10.1 Å². The van der Waals surface area contributed by atoms with Gasteiger partial charge in [-0.15, -0.1) is 0 Å². The van der Waals surface area contributed by atoms with Gasteiger partial charge in [0.2, 0.25) is 0 Å². The highest BCUT2D eigenvalue weighted by Crippen LogP contribution is 2.29. The second-order valence-corrected chi connectivity index (χ2v) is 3.68. The molecule has 0 atom stereocenters. The quantitative estimate of drug-likeness (QED) is 0.775. The number of nitrogens with one attached hydrogen (secondary N) is 1. The zero-order valence-corrected chi connectivity index (χ0v) is 10.3. The zero-order valence-electron chi connectivity index (χ0n) is 9.50. The molecular formula is C11H13ClF2N2O2. The van der Waals surface area contributed by atoms with Gasteiger partial charge >= 0.3 is 0 Å². The van der Waals surface area contributed by atoms with Gasteiger partial charge in [0.1, 0.15) is 5.75 Å². The van der Waals surface area contributed by atoms with Crippen LogP contribution in [0, 0.1) is 17.0 Å². The molecule has 7 heteroatoms. The van der Waals surface area contributed by atoms with E-state index in [9.17, 15) is 13.9 Å². The first kappa shape index (κ1) is 14.7. The van der Waals surface area contributed by atoms with E-state index in [1.165, 1.54) is 0 Å². The van der Waals surface area contributed by atoms with Crippen molar-refractivity contribution in [2.75, 3.05) is 31.2 Å². The molecule has 2 N–H and O–H groups in total. The fourth-order valence-corrected chi connectivity index (χ4v) is 1.58. The maximum absolute atomic E-state index is 13.0. The van der Waals surface area contributed by atoms with Crippen molar-refractivity contribution < 1.29 is 18.6 Å². The van der Waals surface area contributed by atoms with Gasteiger partial charge in [-0.1, -0.05) is 11.6 Å². The summed E-state index contributed by atoms with van der Waals surface area (Å²) in [6, 6.07) is 1.80. The second kappa shape index (κ2) is 7.13. The zero-order chi connectivity index (χ0) is 13.5. The summed E-state index contributed by atoms with van der Waals surface area (Å²) in [4.78, 5) is 1.77. The first-order valence-electron chi connectivity index (χ1n) is 5.20. The SMILES string of the molecule is N=CCl.Oc1cc(F)c(F)cc1N1CCOCC1. The number of hydrogen-bond donors (Lipinski definition) is 2. The number of ether oxygens (including phenoxy) is 1. The van der Waals surface area contributed by atoms with Gasteiger partial charge in [0, 0.05) is 25.2 Å². The van der Waals surface area contributed by atoms with Gasteiger partial charge < -0.3 is 14.7 Å². The van der Waals surface area contributed by atoms with Gasteiger partial charge in [-0.05, 0) is 0 Å².